The van der Waals surface area contributed by atoms with Crippen molar-refractivity contribution in [1.29, 1.82) is 0 Å². The molecule has 3 aromatic rings. The molecule has 5 rings (SSSR count). The van der Waals surface area contributed by atoms with Crippen molar-refractivity contribution in [1.82, 2.24) is 19.7 Å². The van der Waals surface area contributed by atoms with Crippen LogP contribution in [0.2, 0.25) is 0 Å². The van der Waals surface area contributed by atoms with Crippen molar-refractivity contribution in [3.8, 4) is 5.69 Å². The fourth-order valence-corrected chi connectivity index (χ4v) is 4.17. The molecule has 2 aliphatic rings. The summed E-state index contributed by atoms with van der Waals surface area (Å²) in [5.41, 5.74) is 4.33. The Morgan fingerprint density at radius 1 is 1.03 bits per heavy atom. The molecule has 160 valence electrons. The zero-order valence-corrected chi connectivity index (χ0v) is 17.3. The van der Waals surface area contributed by atoms with Crippen LogP contribution in [0, 0.1) is 6.92 Å². The fraction of sp³-hybridized carbons (Fsp3) is 0.391. The van der Waals surface area contributed by atoms with Gasteiger partial charge in [0.05, 0.1) is 24.9 Å². The molecule has 0 unspecified atom stereocenters. The average molecular weight is 409 g/mol. The molecule has 0 saturated carbocycles. The molecule has 7 nitrogen and oxygen atoms in total. The summed E-state index contributed by atoms with van der Waals surface area (Å²) in [6, 6.07) is 17.6. The van der Waals surface area contributed by atoms with E-state index >= 15 is 0 Å². The first-order valence-electron chi connectivity index (χ1n) is 10.7. The summed E-state index contributed by atoms with van der Waals surface area (Å²) in [6.45, 7) is 6.20. The summed E-state index contributed by atoms with van der Waals surface area (Å²) < 4.78 is 7.11. The molecule has 2 saturated heterocycles. The SMILES string of the molecule is Cc1cc(Nc2ncn(-c3ccccc3)n2)cc(NC2CCN(C3COC3)CC2)c1.[HH].[HH]. The van der Waals surface area contributed by atoms with Crippen molar-refractivity contribution in [2.24, 2.45) is 0 Å². The van der Waals surface area contributed by atoms with Crippen molar-refractivity contribution in [2.75, 3.05) is 36.9 Å². The maximum Gasteiger partial charge on any atom is 0.246 e. The lowest BCUT2D eigenvalue weighted by Crippen LogP contribution is -2.53. The number of piperidine rings is 1. The van der Waals surface area contributed by atoms with Crippen LogP contribution in [-0.4, -0.2) is 58.1 Å². The fourth-order valence-electron chi connectivity index (χ4n) is 4.17. The second-order valence-electron chi connectivity index (χ2n) is 8.21. The summed E-state index contributed by atoms with van der Waals surface area (Å²) >= 11 is 0. The minimum atomic E-state index is 0. The first-order valence-corrected chi connectivity index (χ1v) is 10.7. The Morgan fingerprint density at radius 2 is 1.80 bits per heavy atom. The molecular weight excluding hydrogens is 376 g/mol. The van der Waals surface area contributed by atoms with Crippen LogP contribution < -0.4 is 10.6 Å². The van der Waals surface area contributed by atoms with Gasteiger partial charge in [0, 0.05) is 33.4 Å². The molecule has 0 radical (unpaired) electrons. The van der Waals surface area contributed by atoms with Gasteiger partial charge in [-0.05, 0) is 55.7 Å². The number of likely N-dealkylation sites (tertiary alicyclic amines) is 1. The second kappa shape index (κ2) is 8.45. The third-order valence-corrected chi connectivity index (χ3v) is 5.88. The molecule has 2 aliphatic heterocycles. The lowest BCUT2D eigenvalue weighted by molar-refractivity contribution is -0.0705. The van der Waals surface area contributed by atoms with Crippen LogP contribution in [0.5, 0.6) is 0 Å². The zero-order valence-electron chi connectivity index (χ0n) is 17.3. The number of ether oxygens (including phenoxy) is 1. The van der Waals surface area contributed by atoms with Crippen molar-refractivity contribution in [3.05, 3.63) is 60.4 Å². The van der Waals surface area contributed by atoms with Crippen LogP contribution in [0.3, 0.4) is 0 Å². The highest BCUT2D eigenvalue weighted by molar-refractivity contribution is 5.63. The summed E-state index contributed by atoms with van der Waals surface area (Å²) in [5, 5.41) is 11.6. The van der Waals surface area contributed by atoms with E-state index in [1.165, 1.54) is 5.56 Å². The monoisotopic (exact) mass is 408 g/mol. The minimum Gasteiger partial charge on any atom is -0.382 e. The van der Waals surface area contributed by atoms with E-state index < -0.39 is 0 Å². The molecular formula is C23H32N6O. The van der Waals surface area contributed by atoms with Crippen LogP contribution in [0.1, 0.15) is 21.3 Å². The van der Waals surface area contributed by atoms with E-state index in [2.05, 4.69) is 50.7 Å². The van der Waals surface area contributed by atoms with Crippen molar-refractivity contribution in [2.45, 2.75) is 31.8 Å². The van der Waals surface area contributed by atoms with Crippen LogP contribution >= 0.6 is 0 Å². The van der Waals surface area contributed by atoms with Crippen LogP contribution in [0.15, 0.2) is 54.9 Å². The Labute approximate surface area is 180 Å². The molecule has 0 aliphatic carbocycles. The number of para-hydroxylation sites is 1. The number of aryl methyl sites for hydroxylation is 1. The summed E-state index contributed by atoms with van der Waals surface area (Å²) in [5.74, 6) is 0.589. The van der Waals surface area contributed by atoms with Gasteiger partial charge in [0.1, 0.15) is 6.33 Å². The maximum atomic E-state index is 5.34. The van der Waals surface area contributed by atoms with Gasteiger partial charge in [-0.3, -0.25) is 4.90 Å². The van der Waals surface area contributed by atoms with Crippen LogP contribution in [0.4, 0.5) is 17.3 Å². The van der Waals surface area contributed by atoms with Gasteiger partial charge < -0.3 is 15.4 Å². The number of anilines is 3. The van der Waals surface area contributed by atoms with Crippen LogP contribution in [0.25, 0.3) is 5.69 Å². The average Bonchev–Trinajstić information content (AvgIpc) is 3.17. The predicted octanol–water partition coefficient (Wildman–Crippen LogP) is 4.09. The van der Waals surface area contributed by atoms with Gasteiger partial charge in [0.25, 0.3) is 0 Å². The number of hydrogen-bond acceptors (Lipinski definition) is 6. The smallest absolute Gasteiger partial charge is 0.246 e. The van der Waals surface area contributed by atoms with E-state index in [1.807, 2.05) is 30.3 Å². The van der Waals surface area contributed by atoms with Gasteiger partial charge in [-0.2, -0.15) is 4.98 Å². The Bertz CT molecular complexity index is 987. The number of nitrogens with zero attached hydrogens (tertiary/aromatic N) is 4. The second-order valence-corrected chi connectivity index (χ2v) is 8.21. The summed E-state index contributed by atoms with van der Waals surface area (Å²) in [6.07, 6.45) is 4.06. The number of rotatable bonds is 6. The topological polar surface area (TPSA) is 67.2 Å². The third kappa shape index (κ3) is 4.32. The first-order chi connectivity index (χ1) is 14.7. The van der Waals surface area contributed by atoms with Crippen molar-refractivity contribution in [3.63, 3.8) is 0 Å². The Morgan fingerprint density at radius 3 is 2.53 bits per heavy atom. The highest BCUT2D eigenvalue weighted by atomic mass is 16.5. The molecule has 0 bridgehead atoms. The van der Waals surface area contributed by atoms with Gasteiger partial charge in [0.2, 0.25) is 5.95 Å². The van der Waals surface area contributed by atoms with Gasteiger partial charge >= 0.3 is 0 Å². The quantitative estimate of drug-likeness (QED) is 0.640. The summed E-state index contributed by atoms with van der Waals surface area (Å²) in [7, 11) is 0. The van der Waals surface area contributed by atoms with Gasteiger partial charge in [-0.25, -0.2) is 4.68 Å². The molecule has 0 spiro atoms. The van der Waals surface area contributed by atoms with Crippen LogP contribution in [-0.2, 0) is 4.74 Å². The number of benzene rings is 2. The van der Waals surface area contributed by atoms with Gasteiger partial charge in [-0.1, -0.05) is 18.2 Å². The number of nitrogens with one attached hydrogen (secondary N) is 2. The van der Waals surface area contributed by atoms with E-state index in [0.717, 1.165) is 56.2 Å². The third-order valence-electron chi connectivity index (χ3n) is 5.88. The zero-order chi connectivity index (χ0) is 20.3. The molecule has 2 aromatic carbocycles. The van der Waals surface area contributed by atoms with E-state index in [1.54, 1.807) is 11.0 Å². The number of aromatic nitrogens is 3. The molecule has 2 N–H and O–H groups in total. The van der Waals surface area contributed by atoms with Crippen molar-refractivity contribution >= 4 is 17.3 Å². The van der Waals surface area contributed by atoms with E-state index in [4.69, 9.17) is 4.74 Å². The molecule has 7 heteroatoms. The normalized spacial score (nSPS) is 18.2. The molecule has 0 amide bonds. The lowest BCUT2D eigenvalue weighted by atomic mass is 10.0. The predicted molar refractivity (Wildman–Crippen MR) is 123 cm³/mol. The Balaban J connectivity index is 0.00000144. The number of hydrogen-bond donors (Lipinski definition) is 2. The standard InChI is InChI=1S/C23H28N6O.2H2/c1-17-11-19(25-18-7-9-28(10-8-18)22-14-30-15-22)13-20(12-17)26-23-24-16-29(27-23)21-5-3-2-4-6-21;;/h2-6,11-13,16,18,22,25H,7-10,14-15H2,1H3,(H,26,27);2*1H. The largest absolute Gasteiger partial charge is 0.382 e. The Kier molecular flexibility index (Phi) is 5.38. The lowest BCUT2D eigenvalue weighted by Gasteiger charge is -2.41. The molecule has 3 heterocycles. The first kappa shape index (κ1) is 19.1. The molecule has 0 atom stereocenters. The highest BCUT2D eigenvalue weighted by Gasteiger charge is 2.29. The maximum absolute atomic E-state index is 5.34. The highest BCUT2D eigenvalue weighted by Crippen LogP contribution is 2.25. The van der Waals surface area contributed by atoms with Gasteiger partial charge in [0.15, 0.2) is 0 Å². The van der Waals surface area contributed by atoms with E-state index in [9.17, 15) is 0 Å². The summed E-state index contributed by atoms with van der Waals surface area (Å²) in [4.78, 5) is 6.97. The minimum absolute atomic E-state index is 0. The van der Waals surface area contributed by atoms with E-state index in [-0.39, 0.29) is 2.85 Å². The van der Waals surface area contributed by atoms with E-state index in [0.29, 0.717) is 18.0 Å². The molecule has 30 heavy (non-hydrogen) atoms. The molecule has 1 aromatic heterocycles. The van der Waals surface area contributed by atoms with Crippen molar-refractivity contribution < 1.29 is 7.59 Å². The molecule has 2 fully saturated rings. The Hall–Kier alpha value is -2.90. The van der Waals surface area contributed by atoms with Gasteiger partial charge in [-0.15, -0.1) is 5.10 Å².